The van der Waals surface area contributed by atoms with Crippen molar-refractivity contribution in [3.05, 3.63) is 76.7 Å². The molecule has 0 aliphatic rings. The zero-order valence-corrected chi connectivity index (χ0v) is 19.2. The van der Waals surface area contributed by atoms with Gasteiger partial charge in [-0.2, -0.15) is 0 Å². The summed E-state index contributed by atoms with van der Waals surface area (Å²) in [6.45, 7) is 3.81. The van der Waals surface area contributed by atoms with Crippen LogP contribution in [0.2, 0.25) is 0 Å². The number of carbonyl (C=O) groups is 2. The Bertz CT molecular complexity index is 1160. The highest BCUT2D eigenvalue weighted by Gasteiger charge is 2.12. The van der Waals surface area contributed by atoms with Gasteiger partial charge in [0, 0.05) is 6.08 Å². The average molecular weight is 466 g/mol. The van der Waals surface area contributed by atoms with Crippen LogP contribution in [-0.2, 0) is 27.5 Å². The Morgan fingerprint density at radius 1 is 1.06 bits per heavy atom. The first-order valence-electron chi connectivity index (χ1n) is 10.4. The van der Waals surface area contributed by atoms with Crippen LogP contribution < -0.4 is 19.9 Å². The van der Waals surface area contributed by atoms with Gasteiger partial charge in [0.15, 0.2) is 18.1 Å². The second kappa shape index (κ2) is 11.6. The van der Waals surface area contributed by atoms with E-state index in [-0.39, 0.29) is 13.2 Å². The molecule has 9 nitrogen and oxygen atoms in total. The van der Waals surface area contributed by atoms with Gasteiger partial charge in [0.1, 0.15) is 24.7 Å². The fourth-order valence-corrected chi connectivity index (χ4v) is 3.01. The van der Waals surface area contributed by atoms with Crippen molar-refractivity contribution in [1.29, 1.82) is 0 Å². The maximum Gasteiger partial charge on any atom is 0.331 e. The van der Waals surface area contributed by atoms with Crippen LogP contribution in [0.4, 0.5) is 0 Å². The Morgan fingerprint density at radius 3 is 2.59 bits per heavy atom. The van der Waals surface area contributed by atoms with Crippen LogP contribution >= 0.6 is 0 Å². The summed E-state index contributed by atoms with van der Waals surface area (Å²) in [5.74, 6) is 1.17. The molecule has 0 unspecified atom stereocenters. The fourth-order valence-electron chi connectivity index (χ4n) is 3.01. The molecule has 0 spiro atoms. The number of amides is 1. The van der Waals surface area contributed by atoms with Crippen molar-refractivity contribution in [2.24, 2.45) is 5.73 Å². The van der Waals surface area contributed by atoms with Gasteiger partial charge in [-0.1, -0.05) is 23.4 Å². The van der Waals surface area contributed by atoms with Crippen molar-refractivity contribution in [3.63, 3.8) is 0 Å². The Hall–Kier alpha value is -4.27. The number of primary amides is 1. The lowest BCUT2D eigenvalue weighted by Gasteiger charge is -2.11. The highest BCUT2D eigenvalue weighted by Crippen LogP contribution is 2.30. The number of nitrogens with zero attached hydrogens (tertiary/aromatic N) is 1. The van der Waals surface area contributed by atoms with Gasteiger partial charge < -0.3 is 29.2 Å². The number of aryl methyl sites for hydroxylation is 2. The van der Waals surface area contributed by atoms with Gasteiger partial charge in [0.25, 0.3) is 5.91 Å². The van der Waals surface area contributed by atoms with Crippen molar-refractivity contribution in [2.75, 3.05) is 13.7 Å². The summed E-state index contributed by atoms with van der Waals surface area (Å²) in [4.78, 5) is 23.0. The molecule has 0 saturated heterocycles. The van der Waals surface area contributed by atoms with E-state index in [0.29, 0.717) is 35.2 Å². The molecule has 0 bridgehead atoms. The summed E-state index contributed by atoms with van der Waals surface area (Å²) in [5.41, 5.74) is 8.18. The molecule has 0 saturated carbocycles. The molecule has 1 heterocycles. The standard InChI is InChI=1S/C25H26N2O7/c1-16-21(17(2)34-27-16)14-32-22-9-7-18(12-23(22)30-3)8-10-25(29)33-13-19-5-4-6-20(11-19)31-15-24(26)28/h4-12H,13-15H2,1-3H3,(H2,26,28)/b10-8+. The first-order chi connectivity index (χ1) is 16.4. The number of methoxy groups -OCH3 is 1. The van der Waals surface area contributed by atoms with E-state index < -0.39 is 11.9 Å². The highest BCUT2D eigenvalue weighted by atomic mass is 16.5. The number of hydrogen-bond acceptors (Lipinski definition) is 8. The van der Waals surface area contributed by atoms with Crippen LogP contribution in [-0.4, -0.2) is 30.7 Å². The summed E-state index contributed by atoms with van der Waals surface area (Å²) in [6.07, 6.45) is 2.95. The second-order valence-corrected chi connectivity index (χ2v) is 7.35. The molecule has 0 radical (unpaired) electrons. The van der Waals surface area contributed by atoms with E-state index in [1.54, 1.807) is 55.7 Å². The van der Waals surface area contributed by atoms with Crippen molar-refractivity contribution >= 4 is 18.0 Å². The van der Waals surface area contributed by atoms with E-state index in [4.69, 9.17) is 29.2 Å². The summed E-state index contributed by atoms with van der Waals surface area (Å²) < 4.78 is 26.9. The van der Waals surface area contributed by atoms with Crippen molar-refractivity contribution in [3.8, 4) is 17.2 Å². The first kappa shape index (κ1) is 24.4. The molecule has 0 aliphatic carbocycles. The molecule has 0 aliphatic heterocycles. The van der Waals surface area contributed by atoms with Crippen molar-refractivity contribution in [2.45, 2.75) is 27.1 Å². The second-order valence-electron chi connectivity index (χ2n) is 7.35. The van der Waals surface area contributed by atoms with E-state index in [9.17, 15) is 9.59 Å². The number of ether oxygens (including phenoxy) is 4. The van der Waals surface area contributed by atoms with Gasteiger partial charge in [-0.15, -0.1) is 0 Å². The molecular formula is C25H26N2O7. The lowest BCUT2D eigenvalue weighted by Crippen LogP contribution is -2.20. The molecule has 3 rings (SSSR count). The van der Waals surface area contributed by atoms with Crippen molar-refractivity contribution < 1.29 is 33.1 Å². The molecule has 0 atom stereocenters. The number of hydrogen-bond donors (Lipinski definition) is 1. The van der Waals surface area contributed by atoms with Crippen LogP contribution in [0.5, 0.6) is 17.2 Å². The zero-order valence-electron chi connectivity index (χ0n) is 19.2. The maximum atomic E-state index is 12.1. The molecule has 34 heavy (non-hydrogen) atoms. The lowest BCUT2D eigenvalue weighted by molar-refractivity contribution is -0.138. The number of carbonyl (C=O) groups excluding carboxylic acids is 2. The molecule has 2 N–H and O–H groups in total. The molecule has 1 amide bonds. The van der Waals surface area contributed by atoms with Gasteiger partial charge in [0.2, 0.25) is 0 Å². The third kappa shape index (κ3) is 6.86. The Morgan fingerprint density at radius 2 is 1.88 bits per heavy atom. The van der Waals surface area contributed by atoms with E-state index >= 15 is 0 Å². The summed E-state index contributed by atoms with van der Waals surface area (Å²) in [7, 11) is 1.54. The highest BCUT2D eigenvalue weighted by molar-refractivity contribution is 5.87. The minimum atomic E-state index is -0.571. The third-order valence-electron chi connectivity index (χ3n) is 4.81. The number of benzene rings is 2. The fraction of sp³-hybridized carbons (Fsp3) is 0.240. The SMILES string of the molecule is COc1cc(/C=C/C(=O)OCc2cccc(OCC(N)=O)c2)ccc1OCc1c(C)noc1C. The minimum Gasteiger partial charge on any atom is -0.493 e. The zero-order chi connectivity index (χ0) is 24.5. The largest absolute Gasteiger partial charge is 0.493 e. The normalized spacial score (nSPS) is 10.8. The monoisotopic (exact) mass is 466 g/mol. The minimum absolute atomic E-state index is 0.0503. The van der Waals surface area contributed by atoms with E-state index in [2.05, 4.69) is 5.16 Å². The van der Waals surface area contributed by atoms with E-state index in [1.807, 2.05) is 13.8 Å². The third-order valence-corrected chi connectivity index (χ3v) is 4.81. The summed E-state index contributed by atoms with van der Waals surface area (Å²) >= 11 is 0. The Labute approximate surface area is 197 Å². The Balaban J connectivity index is 1.56. The van der Waals surface area contributed by atoms with Gasteiger partial charge in [-0.05, 0) is 55.3 Å². The van der Waals surface area contributed by atoms with Crippen LogP contribution in [0.3, 0.4) is 0 Å². The smallest absolute Gasteiger partial charge is 0.331 e. The van der Waals surface area contributed by atoms with Crippen LogP contribution in [0.1, 0.15) is 28.1 Å². The van der Waals surface area contributed by atoms with Gasteiger partial charge in [0.05, 0.1) is 18.4 Å². The molecule has 178 valence electrons. The molecule has 0 fully saturated rings. The molecular weight excluding hydrogens is 440 g/mol. The predicted molar refractivity (Wildman–Crippen MR) is 123 cm³/mol. The van der Waals surface area contributed by atoms with Gasteiger partial charge >= 0.3 is 5.97 Å². The number of nitrogens with two attached hydrogens (primary N) is 1. The van der Waals surface area contributed by atoms with Gasteiger partial charge in [-0.25, -0.2) is 4.79 Å². The summed E-state index contributed by atoms with van der Waals surface area (Å²) in [5, 5.41) is 3.92. The lowest BCUT2D eigenvalue weighted by atomic mass is 10.2. The van der Waals surface area contributed by atoms with Crippen molar-refractivity contribution in [1.82, 2.24) is 5.16 Å². The number of rotatable bonds is 11. The maximum absolute atomic E-state index is 12.1. The molecule has 2 aromatic carbocycles. The number of aromatic nitrogens is 1. The topological polar surface area (TPSA) is 123 Å². The van der Waals surface area contributed by atoms with Crippen LogP contribution in [0, 0.1) is 13.8 Å². The summed E-state index contributed by atoms with van der Waals surface area (Å²) in [6, 6.07) is 12.2. The number of esters is 1. The van der Waals surface area contributed by atoms with Crippen LogP contribution in [0.15, 0.2) is 53.1 Å². The Kier molecular flexibility index (Phi) is 8.28. The van der Waals surface area contributed by atoms with E-state index in [0.717, 1.165) is 16.8 Å². The molecule has 3 aromatic rings. The first-order valence-corrected chi connectivity index (χ1v) is 10.4. The quantitative estimate of drug-likeness (QED) is 0.336. The van der Waals surface area contributed by atoms with Gasteiger partial charge in [-0.3, -0.25) is 4.79 Å². The predicted octanol–water partition coefficient (Wildman–Crippen LogP) is 3.50. The van der Waals surface area contributed by atoms with Crippen LogP contribution in [0.25, 0.3) is 6.08 Å². The average Bonchev–Trinajstić information content (AvgIpc) is 3.16. The van der Waals surface area contributed by atoms with E-state index in [1.165, 1.54) is 6.08 Å². The molecule has 1 aromatic heterocycles. The molecule has 9 heteroatoms.